The van der Waals surface area contributed by atoms with Crippen molar-refractivity contribution < 1.29 is 9.47 Å². The normalized spacial score (nSPS) is 18.7. The topological polar surface area (TPSA) is 74.1 Å². The number of aromatic nitrogens is 4. The van der Waals surface area contributed by atoms with Gasteiger partial charge in [-0.3, -0.25) is 4.98 Å². The van der Waals surface area contributed by atoms with Crippen molar-refractivity contribution >= 4 is 11.6 Å². The summed E-state index contributed by atoms with van der Waals surface area (Å²) >= 11 is 0. The number of nitrogens with zero attached hydrogens (tertiary/aromatic N) is 4. The molecule has 0 amide bonds. The maximum absolute atomic E-state index is 6.61. The van der Waals surface area contributed by atoms with Gasteiger partial charge in [0.05, 0.1) is 12.3 Å². The van der Waals surface area contributed by atoms with Gasteiger partial charge in [0.2, 0.25) is 5.95 Å². The summed E-state index contributed by atoms with van der Waals surface area (Å²) in [6.07, 6.45) is 4.91. The average molecular weight is 423 g/mol. The van der Waals surface area contributed by atoms with Crippen LogP contribution in [0, 0.1) is 0 Å². The highest BCUT2D eigenvalue weighted by Gasteiger charge is 2.40. The van der Waals surface area contributed by atoms with Crippen molar-refractivity contribution in [3.63, 3.8) is 0 Å². The zero-order chi connectivity index (χ0) is 21.5. The first kappa shape index (κ1) is 18.6. The average Bonchev–Trinajstić information content (AvgIpc) is 3.32. The van der Waals surface area contributed by atoms with Gasteiger partial charge in [-0.1, -0.05) is 30.3 Å². The van der Waals surface area contributed by atoms with Gasteiger partial charge in [-0.2, -0.15) is 10.1 Å². The first-order valence-corrected chi connectivity index (χ1v) is 10.6. The van der Waals surface area contributed by atoms with Gasteiger partial charge in [-0.15, -0.1) is 0 Å². The number of anilines is 1. The molecule has 7 nitrogen and oxygen atoms in total. The minimum atomic E-state index is -0.314. The van der Waals surface area contributed by atoms with Crippen LogP contribution in [-0.4, -0.2) is 26.4 Å². The minimum Gasteiger partial charge on any atom is -0.494 e. The van der Waals surface area contributed by atoms with Gasteiger partial charge in [0.1, 0.15) is 30.0 Å². The van der Waals surface area contributed by atoms with Gasteiger partial charge in [0.15, 0.2) is 0 Å². The fraction of sp³-hybridized carbons (Fsp3) is 0.160. The van der Waals surface area contributed by atoms with Crippen molar-refractivity contribution in [2.75, 3.05) is 11.9 Å². The van der Waals surface area contributed by atoms with E-state index in [1.807, 2.05) is 54.2 Å². The number of pyridine rings is 1. The summed E-state index contributed by atoms with van der Waals surface area (Å²) in [5.41, 5.74) is 5.13. The first-order valence-electron chi connectivity index (χ1n) is 10.6. The Hall–Kier alpha value is -4.13. The number of benzene rings is 2. The molecule has 7 heteroatoms. The van der Waals surface area contributed by atoms with Crippen LogP contribution < -0.4 is 14.8 Å². The second-order valence-electron chi connectivity index (χ2n) is 7.67. The van der Waals surface area contributed by atoms with E-state index in [-0.39, 0.29) is 12.1 Å². The summed E-state index contributed by atoms with van der Waals surface area (Å²) in [7, 11) is 0. The summed E-state index contributed by atoms with van der Waals surface area (Å²) in [6, 6.07) is 20.0. The quantitative estimate of drug-likeness (QED) is 0.516. The molecule has 0 bridgehead atoms. The Morgan fingerprint density at radius 2 is 1.91 bits per heavy atom. The van der Waals surface area contributed by atoms with E-state index in [1.54, 1.807) is 12.5 Å². The second kappa shape index (κ2) is 7.53. The molecule has 4 aromatic rings. The fourth-order valence-corrected chi connectivity index (χ4v) is 4.46. The van der Waals surface area contributed by atoms with E-state index in [9.17, 15) is 0 Å². The van der Waals surface area contributed by atoms with E-state index in [1.165, 1.54) is 0 Å². The van der Waals surface area contributed by atoms with Crippen molar-refractivity contribution in [2.45, 2.75) is 19.1 Å². The Morgan fingerprint density at radius 1 is 1.03 bits per heavy atom. The lowest BCUT2D eigenvalue weighted by molar-refractivity contribution is 0.223. The van der Waals surface area contributed by atoms with E-state index in [0.29, 0.717) is 12.6 Å². The molecule has 0 saturated heterocycles. The van der Waals surface area contributed by atoms with Gasteiger partial charge in [0.25, 0.3) is 0 Å². The molecular formula is C25H21N5O2. The molecule has 2 aliphatic heterocycles. The molecule has 2 aliphatic rings. The van der Waals surface area contributed by atoms with E-state index >= 15 is 0 Å². The second-order valence-corrected chi connectivity index (χ2v) is 7.67. The highest BCUT2D eigenvalue weighted by molar-refractivity contribution is 5.85. The number of fused-ring (bicyclic) bond motifs is 3. The Labute approximate surface area is 185 Å². The number of rotatable bonds is 4. The Kier molecular flexibility index (Phi) is 4.38. The monoisotopic (exact) mass is 423 g/mol. The third kappa shape index (κ3) is 2.93. The van der Waals surface area contributed by atoms with Gasteiger partial charge in [-0.05, 0) is 48.4 Å². The predicted octanol–water partition coefficient (Wildman–Crippen LogP) is 4.63. The lowest BCUT2D eigenvalue weighted by Crippen LogP contribution is -2.32. The highest BCUT2D eigenvalue weighted by atomic mass is 16.5. The largest absolute Gasteiger partial charge is 0.494 e. The van der Waals surface area contributed by atoms with Gasteiger partial charge >= 0.3 is 0 Å². The lowest BCUT2D eigenvalue weighted by atomic mass is 9.85. The van der Waals surface area contributed by atoms with Crippen LogP contribution in [0.15, 0.2) is 85.0 Å². The van der Waals surface area contributed by atoms with E-state index in [2.05, 4.69) is 44.6 Å². The summed E-state index contributed by atoms with van der Waals surface area (Å²) in [4.78, 5) is 8.82. The van der Waals surface area contributed by atoms with Crippen LogP contribution in [0.25, 0.3) is 5.70 Å². The van der Waals surface area contributed by atoms with Crippen molar-refractivity contribution in [1.82, 2.24) is 19.7 Å². The summed E-state index contributed by atoms with van der Waals surface area (Å²) in [5, 5.41) is 8.04. The maximum Gasteiger partial charge on any atom is 0.226 e. The summed E-state index contributed by atoms with van der Waals surface area (Å²) in [6.45, 7) is 2.61. The molecule has 2 atom stereocenters. The Morgan fingerprint density at radius 3 is 2.72 bits per heavy atom. The summed E-state index contributed by atoms with van der Waals surface area (Å²) < 4.78 is 14.1. The van der Waals surface area contributed by atoms with Crippen LogP contribution in [0.1, 0.15) is 35.8 Å². The predicted molar refractivity (Wildman–Crippen MR) is 120 cm³/mol. The van der Waals surface area contributed by atoms with Gasteiger partial charge < -0.3 is 14.8 Å². The smallest absolute Gasteiger partial charge is 0.226 e. The minimum absolute atomic E-state index is 0.206. The molecular weight excluding hydrogens is 402 g/mol. The molecule has 0 fully saturated rings. The van der Waals surface area contributed by atoms with Gasteiger partial charge in [-0.25, -0.2) is 4.68 Å². The number of ether oxygens (including phenoxy) is 2. The number of hydrogen-bond donors (Lipinski definition) is 1. The lowest BCUT2D eigenvalue weighted by Gasteiger charge is -2.38. The SMILES string of the molecule is CCOc1ccc([C@H]2Oc3ccccc3C3=C2[C@@H](c2cccnc2)n2ncnc2N3)cc1. The van der Waals surface area contributed by atoms with Gasteiger partial charge in [0, 0.05) is 23.5 Å². The van der Waals surface area contributed by atoms with Crippen LogP contribution in [0.2, 0.25) is 0 Å². The van der Waals surface area contributed by atoms with E-state index in [4.69, 9.17) is 9.47 Å². The highest BCUT2D eigenvalue weighted by Crippen LogP contribution is 2.50. The van der Waals surface area contributed by atoms with Crippen LogP contribution in [-0.2, 0) is 0 Å². The molecule has 6 rings (SSSR count). The molecule has 0 radical (unpaired) electrons. The fourth-order valence-electron chi connectivity index (χ4n) is 4.46. The third-order valence-electron chi connectivity index (χ3n) is 5.82. The molecule has 4 heterocycles. The number of para-hydroxylation sites is 1. The molecule has 2 aromatic heterocycles. The van der Waals surface area contributed by atoms with Crippen LogP contribution >= 0.6 is 0 Å². The molecule has 2 aromatic carbocycles. The Bertz CT molecular complexity index is 1300. The standard InChI is InChI=1S/C25H21N5O2/c1-2-31-18-11-9-16(10-12-18)24-21-22(19-7-3-4-8-20(19)32-24)29-25-27-15-28-30(25)23(21)17-6-5-13-26-14-17/h3-15,23-24H,2H2,1H3,(H,27,28,29)/t23-,24-/m1/s1. The maximum atomic E-state index is 6.61. The van der Waals surface area contributed by atoms with E-state index in [0.717, 1.165) is 39.5 Å². The van der Waals surface area contributed by atoms with Crippen molar-refractivity contribution in [3.05, 3.63) is 102 Å². The van der Waals surface area contributed by atoms with Crippen LogP contribution in [0.5, 0.6) is 11.5 Å². The van der Waals surface area contributed by atoms with Crippen molar-refractivity contribution in [2.24, 2.45) is 0 Å². The van der Waals surface area contributed by atoms with Crippen LogP contribution in [0.4, 0.5) is 5.95 Å². The molecule has 0 unspecified atom stereocenters. The molecule has 0 saturated carbocycles. The molecule has 0 spiro atoms. The van der Waals surface area contributed by atoms with Crippen LogP contribution in [0.3, 0.4) is 0 Å². The summed E-state index contributed by atoms with van der Waals surface area (Å²) in [5.74, 6) is 2.36. The third-order valence-corrected chi connectivity index (χ3v) is 5.82. The molecule has 1 N–H and O–H groups in total. The van der Waals surface area contributed by atoms with Crippen molar-refractivity contribution in [1.29, 1.82) is 0 Å². The first-order chi connectivity index (χ1) is 15.8. The zero-order valence-electron chi connectivity index (χ0n) is 17.5. The van der Waals surface area contributed by atoms with E-state index < -0.39 is 0 Å². The Balaban J connectivity index is 1.57. The molecule has 0 aliphatic carbocycles. The molecule has 158 valence electrons. The molecule has 32 heavy (non-hydrogen) atoms. The zero-order valence-corrected chi connectivity index (χ0v) is 17.5. The number of nitrogens with one attached hydrogen (secondary N) is 1. The van der Waals surface area contributed by atoms with Crippen molar-refractivity contribution in [3.8, 4) is 11.5 Å². The number of hydrogen-bond acceptors (Lipinski definition) is 6.